The van der Waals surface area contributed by atoms with E-state index in [9.17, 15) is 8.42 Å². The van der Waals surface area contributed by atoms with E-state index >= 15 is 0 Å². The minimum absolute atomic E-state index is 0.504. The average Bonchev–Trinajstić information content (AvgIpc) is 2.71. The number of halogens is 2. The van der Waals surface area contributed by atoms with Gasteiger partial charge in [-0.25, -0.2) is 8.42 Å². The van der Waals surface area contributed by atoms with E-state index in [1.807, 2.05) is 12.1 Å². The summed E-state index contributed by atoms with van der Waals surface area (Å²) in [6, 6.07) is 20.8. The van der Waals surface area contributed by atoms with Gasteiger partial charge in [-0.15, -0.1) is 23.2 Å². The van der Waals surface area contributed by atoms with Gasteiger partial charge in [0.25, 0.3) is 0 Å². The lowest BCUT2D eigenvalue weighted by Crippen LogP contribution is -2.11. The molecule has 3 unspecified atom stereocenters. The summed E-state index contributed by atoms with van der Waals surface area (Å²) in [4.78, 5) is 0. The van der Waals surface area contributed by atoms with Gasteiger partial charge in [-0.2, -0.15) is 0 Å². The van der Waals surface area contributed by atoms with Crippen LogP contribution in [-0.4, -0.2) is 19.0 Å². The summed E-state index contributed by atoms with van der Waals surface area (Å²) in [5.74, 6) is 1.78. The standard InChI is InChI=1S/C12H10.C10H20Cl2O2S/c1-3-7-11(8-4-1)12-9-5-2-6-10-12;1-8(4-3-7-11)9(2)5-6-10(12)15(13)14/h1-10H;8-10,15H,3-7H2,1-2H3. The van der Waals surface area contributed by atoms with Crippen molar-refractivity contribution in [1.82, 2.24) is 0 Å². The van der Waals surface area contributed by atoms with E-state index in [4.69, 9.17) is 23.2 Å². The van der Waals surface area contributed by atoms with Gasteiger partial charge in [-0.1, -0.05) is 74.5 Å². The molecule has 27 heavy (non-hydrogen) atoms. The molecule has 2 rings (SSSR count). The summed E-state index contributed by atoms with van der Waals surface area (Å²) in [7, 11) is -2.48. The monoisotopic (exact) mass is 428 g/mol. The number of alkyl halides is 2. The molecule has 0 heterocycles. The van der Waals surface area contributed by atoms with E-state index in [0.717, 1.165) is 19.3 Å². The highest BCUT2D eigenvalue weighted by atomic mass is 35.5. The Hall–Kier alpha value is -1.03. The zero-order valence-corrected chi connectivity index (χ0v) is 18.5. The summed E-state index contributed by atoms with van der Waals surface area (Å²) in [6.45, 7) is 4.32. The van der Waals surface area contributed by atoms with Crippen molar-refractivity contribution >= 4 is 33.9 Å². The molecule has 0 saturated carbocycles. The first-order chi connectivity index (χ1) is 13.0. The van der Waals surface area contributed by atoms with Crippen LogP contribution in [0.3, 0.4) is 0 Å². The van der Waals surface area contributed by atoms with E-state index in [1.54, 1.807) is 0 Å². The van der Waals surface area contributed by atoms with Crippen molar-refractivity contribution in [3.05, 3.63) is 60.7 Å². The topological polar surface area (TPSA) is 34.1 Å². The minimum Gasteiger partial charge on any atom is -0.230 e. The van der Waals surface area contributed by atoms with Crippen molar-refractivity contribution in [2.45, 2.75) is 44.2 Å². The smallest absolute Gasteiger partial charge is 0.156 e. The molecule has 0 bridgehead atoms. The van der Waals surface area contributed by atoms with Crippen LogP contribution in [0.15, 0.2) is 60.7 Å². The zero-order valence-electron chi connectivity index (χ0n) is 16.1. The SMILES string of the molecule is CC(CCCCl)C(C)CCC(Cl)[SH](=O)=O.c1ccc(-c2ccccc2)cc1. The predicted octanol–water partition coefficient (Wildman–Crippen LogP) is 6.59. The molecule has 0 N–H and O–H groups in total. The van der Waals surface area contributed by atoms with Gasteiger partial charge in [0.05, 0.1) is 0 Å². The highest BCUT2D eigenvalue weighted by Gasteiger charge is 2.15. The maximum atomic E-state index is 10.5. The van der Waals surface area contributed by atoms with Crippen LogP contribution < -0.4 is 0 Å². The fourth-order valence-electron chi connectivity index (χ4n) is 2.74. The molecule has 0 aliphatic heterocycles. The van der Waals surface area contributed by atoms with Crippen LogP contribution in [0.1, 0.15) is 39.5 Å². The fraction of sp³-hybridized carbons (Fsp3) is 0.455. The first-order valence-corrected chi connectivity index (χ1v) is 11.6. The molecule has 5 heteroatoms. The van der Waals surface area contributed by atoms with E-state index in [-0.39, 0.29) is 0 Å². The van der Waals surface area contributed by atoms with Crippen LogP contribution in [0.2, 0.25) is 0 Å². The van der Waals surface area contributed by atoms with Gasteiger partial charge in [-0.05, 0) is 48.6 Å². The first kappa shape index (κ1) is 24.0. The number of hydrogen-bond donors (Lipinski definition) is 1. The number of hydrogen-bond acceptors (Lipinski definition) is 2. The first-order valence-electron chi connectivity index (χ1n) is 9.39. The van der Waals surface area contributed by atoms with Gasteiger partial charge in [0.1, 0.15) is 4.71 Å². The third-order valence-electron chi connectivity index (χ3n) is 4.73. The summed E-state index contributed by atoms with van der Waals surface area (Å²) >= 11 is 11.3. The molecular formula is C22H30Cl2O2S. The minimum atomic E-state index is -2.48. The van der Waals surface area contributed by atoms with Crippen LogP contribution in [0.5, 0.6) is 0 Å². The highest BCUT2D eigenvalue weighted by molar-refractivity contribution is 7.74. The number of rotatable bonds is 9. The Balaban J connectivity index is 0.000000274. The van der Waals surface area contributed by atoms with Gasteiger partial charge in [-0.3, -0.25) is 0 Å². The van der Waals surface area contributed by atoms with E-state index in [1.165, 1.54) is 11.1 Å². The lowest BCUT2D eigenvalue weighted by molar-refractivity contribution is 0.338. The van der Waals surface area contributed by atoms with Crippen molar-refractivity contribution in [1.29, 1.82) is 0 Å². The molecule has 0 amide bonds. The summed E-state index contributed by atoms with van der Waals surface area (Å²) in [5.41, 5.74) is 2.55. The maximum Gasteiger partial charge on any atom is 0.156 e. The van der Waals surface area contributed by atoms with Crippen LogP contribution in [-0.2, 0) is 10.7 Å². The Kier molecular flexibility index (Phi) is 12.5. The van der Waals surface area contributed by atoms with E-state index in [2.05, 4.69) is 62.4 Å². The normalized spacial score (nSPS) is 14.1. The Bertz CT molecular complexity index is 644. The molecule has 3 atom stereocenters. The lowest BCUT2D eigenvalue weighted by Gasteiger charge is -2.19. The van der Waals surface area contributed by atoms with Crippen LogP contribution in [0.25, 0.3) is 11.1 Å². The molecule has 2 nitrogen and oxygen atoms in total. The van der Waals surface area contributed by atoms with Gasteiger partial charge in [0.2, 0.25) is 0 Å². The van der Waals surface area contributed by atoms with Gasteiger partial charge < -0.3 is 0 Å². The van der Waals surface area contributed by atoms with Crippen LogP contribution in [0, 0.1) is 11.8 Å². The summed E-state index contributed by atoms with van der Waals surface area (Å²) in [6.07, 6.45) is 3.53. The maximum absolute atomic E-state index is 10.5. The van der Waals surface area contributed by atoms with Crippen LogP contribution >= 0.6 is 23.2 Å². The highest BCUT2D eigenvalue weighted by Crippen LogP contribution is 2.23. The zero-order chi connectivity index (χ0) is 20.1. The van der Waals surface area contributed by atoms with Crippen molar-refractivity contribution in [3.63, 3.8) is 0 Å². The molecule has 0 spiro atoms. The molecule has 0 aromatic heterocycles. The Morgan fingerprint density at radius 1 is 0.778 bits per heavy atom. The second-order valence-corrected chi connectivity index (χ2v) is 9.22. The largest absolute Gasteiger partial charge is 0.230 e. The molecule has 150 valence electrons. The molecule has 2 aromatic carbocycles. The molecule has 2 aromatic rings. The Labute approximate surface area is 175 Å². The Morgan fingerprint density at radius 3 is 1.63 bits per heavy atom. The Morgan fingerprint density at radius 2 is 1.22 bits per heavy atom. The van der Waals surface area contributed by atoms with Crippen molar-refractivity contribution in [2.75, 3.05) is 5.88 Å². The second kappa shape index (κ2) is 14.0. The van der Waals surface area contributed by atoms with E-state index < -0.39 is 15.4 Å². The van der Waals surface area contributed by atoms with Gasteiger partial charge >= 0.3 is 0 Å². The van der Waals surface area contributed by atoms with Gasteiger partial charge in [0, 0.05) is 5.88 Å². The molecule has 0 aliphatic carbocycles. The third kappa shape index (κ3) is 10.2. The molecule has 0 aliphatic rings. The van der Waals surface area contributed by atoms with E-state index in [0.29, 0.717) is 24.1 Å². The van der Waals surface area contributed by atoms with Crippen molar-refractivity contribution < 1.29 is 8.42 Å². The average molecular weight is 429 g/mol. The predicted molar refractivity (Wildman–Crippen MR) is 119 cm³/mol. The summed E-state index contributed by atoms with van der Waals surface area (Å²) in [5, 5.41) is 0. The number of thiol groups is 1. The van der Waals surface area contributed by atoms with Crippen molar-refractivity contribution in [3.8, 4) is 11.1 Å². The second-order valence-electron chi connectivity index (χ2n) is 6.82. The van der Waals surface area contributed by atoms with Gasteiger partial charge in [0.15, 0.2) is 10.7 Å². The fourth-order valence-corrected chi connectivity index (χ4v) is 3.38. The molecular weight excluding hydrogens is 399 g/mol. The summed E-state index contributed by atoms with van der Waals surface area (Å²) < 4.78 is 20.4. The molecule has 0 saturated heterocycles. The lowest BCUT2D eigenvalue weighted by atomic mass is 9.88. The quantitative estimate of drug-likeness (QED) is 0.361. The number of benzene rings is 2. The third-order valence-corrected chi connectivity index (χ3v) is 6.41. The van der Waals surface area contributed by atoms with Crippen molar-refractivity contribution in [2.24, 2.45) is 11.8 Å². The van der Waals surface area contributed by atoms with Crippen LogP contribution in [0.4, 0.5) is 0 Å². The molecule has 0 radical (unpaired) electrons. The molecule has 0 fully saturated rings.